The van der Waals surface area contributed by atoms with Gasteiger partial charge in [-0.05, 0) is 24.6 Å². The molecule has 0 bridgehead atoms. The van der Waals surface area contributed by atoms with Crippen molar-refractivity contribution in [2.45, 2.75) is 25.2 Å². The van der Waals surface area contributed by atoms with E-state index in [4.69, 9.17) is 4.74 Å². The van der Waals surface area contributed by atoms with E-state index in [1.807, 2.05) is 39.9 Å². The number of aromatic amines is 1. The van der Waals surface area contributed by atoms with Crippen molar-refractivity contribution in [2.24, 2.45) is 0 Å². The lowest BCUT2D eigenvalue weighted by Gasteiger charge is -2.41. The summed E-state index contributed by atoms with van der Waals surface area (Å²) < 4.78 is 7.83. The lowest BCUT2D eigenvalue weighted by atomic mass is 9.99. The van der Waals surface area contributed by atoms with Crippen LogP contribution in [0.2, 0.25) is 0 Å². The molecular weight excluding hydrogens is 332 g/mol. The fraction of sp³-hybridized carbons (Fsp3) is 0.333. The molecule has 8 heteroatoms. The Balaban J connectivity index is 1.40. The molecule has 1 fully saturated rings. The summed E-state index contributed by atoms with van der Waals surface area (Å²) in [6.07, 6.45) is 4.32. The number of rotatable bonds is 2. The molecule has 0 unspecified atom stereocenters. The number of likely N-dealkylation sites (tertiary alicyclic amines) is 1. The van der Waals surface area contributed by atoms with Gasteiger partial charge in [0, 0.05) is 30.4 Å². The first-order valence-corrected chi connectivity index (χ1v) is 8.69. The SMILES string of the molecule is O=C(c1cccc(-c2ccn[nH]2)c1)N1CC[C@H]2OCc3cnnn3[C@H]2C1. The summed E-state index contributed by atoms with van der Waals surface area (Å²) in [6.45, 7) is 1.79. The molecule has 2 atom stereocenters. The van der Waals surface area contributed by atoms with Crippen LogP contribution < -0.4 is 0 Å². The van der Waals surface area contributed by atoms with E-state index in [1.54, 1.807) is 12.4 Å². The Labute approximate surface area is 149 Å². The second-order valence-electron chi connectivity index (χ2n) is 6.68. The molecular formula is C18H18N6O2. The Morgan fingerprint density at radius 3 is 3.15 bits per heavy atom. The molecule has 1 amide bonds. The quantitative estimate of drug-likeness (QED) is 0.759. The molecule has 3 aromatic rings. The van der Waals surface area contributed by atoms with Gasteiger partial charge in [-0.15, -0.1) is 5.10 Å². The summed E-state index contributed by atoms with van der Waals surface area (Å²) >= 11 is 0. The molecule has 2 aliphatic heterocycles. The molecule has 1 aromatic carbocycles. The predicted octanol–water partition coefficient (Wildman–Crippen LogP) is 1.65. The largest absolute Gasteiger partial charge is 0.370 e. The van der Waals surface area contributed by atoms with Gasteiger partial charge in [-0.1, -0.05) is 17.3 Å². The molecule has 0 aliphatic carbocycles. The summed E-state index contributed by atoms with van der Waals surface area (Å²) in [7, 11) is 0. The Kier molecular flexibility index (Phi) is 3.56. The maximum Gasteiger partial charge on any atom is 0.253 e. The third-order valence-electron chi connectivity index (χ3n) is 5.14. The molecule has 132 valence electrons. The number of nitrogens with one attached hydrogen (secondary N) is 1. The number of nitrogens with zero attached hydrogens (tertiary/aromatic N) is 5. The highest BCUT2D eigenvalue weighted by atomic mass is 16.5. The highest BCUT2D eigenvalue weighted by Crippen LogP contribution is 2.31. The van der Waals surface area contributed by atoms with Crippen molar-refractivity contribution in [1.29, 1.82) is 0 Å². The zero-order chi connectivity index (χ0) is 17.5. The third-order valence-corrected chi connectivity index (χ3v) is 5.14. The summed E-state index contributed by atoms with van der Waals surface area (Å²) in [4.78, 5) is 14.9. The number of ether oxygens (including phenoxy) is 1. The van der Waals surface area contributed by atoms with Crippen LogP contribution in [0, 0.1) is 0 Å². The van der Waals surface area contributed by atoms with Crippen LogP contribution in [0.5, 0.6) is 0 Å². The van der Waals surface area contributed by atoms with Crippen LogP contribution in [0.1, 0.15) is 28.5 Å². The van der Waals surface area contributed by atoms with Crippen molar-refractivity contribution in [3.8, 4) is 11.3 Å². The van der Waals surface area contributed by atoms with E-state index in [2.05, 4.69) is 20.5 Å². The average molecular weight is 350 g/mol. The number of aromatic nitrogens is 5. The lowest BCUT2D eigenvalue weighted by molar-refractivity contribution is -0.0605. The predicted molar refractivity (Wildman–Crippen MR) is 92.2 cm³/mol. The second kappa shape index (κ2) is 6.06. The number of fused-ring (bicyclic) bond motifs is 3. The molecule has 2 aliphatic rings. The number of hydrogen-bond donors (Lipinski definition) is 1. The van der Waals surface area contributed by atoms with Gasteiger partial charge in [-0.3, -0.25) is 9.89 Å². The molecule has 0 radical (unpaired) electrons. The van der Waals surface area contributed by atoms with Crippen LogP contribution in [0.25, 0.3) is 11.3 Å². The fourth-order valence-electron chi connectivity index (χ4n) is 3.78. The number of H-pyrrole nitrogens is 1. The molecule has 8 nitrogen and oxygen atoms in total. The number of carbonyl (C=O) groups is 1. The van der Waals surface area contributed by atoms with Crippen molar-refractivity contribution in [3.63, 3.8) is 0 Å². The van der Waals surface area contributed by atoms with Gasteiger partial charge in [0.1, 0.15) is 0 Å². The average Bonchev–Trinajstić information content (AvgIpc) is 3.39. The van der Waals surface area contributed by atoms with Crippen LogP contribution in [-0.4, -0.2) is 55.2 Å². The Morgan fingerprint density at radius 2 is 2.27 bits per heavy atom. The topological polar surface area (TPSA) is 88.9 Å². The highest BCUT2D eigenvalue weighted by molar-refractivity contribution is 5.95. The van der Waals surface area contributed by atoms with Crippen LogP contribution >= 0.6 is 0 Å². The van der Waals surface area contributed by atoms with Gasteiger partial charge in [-0.2, -0.15) is 5.10 Å². The molecule has 4 heterocycles. The Morgan fingerprint density at radius 1 is 1.31 bits per heavy atom. The van der Waals surface area contributed by atoms with E-state index in [0.717, 1.165) is 23.4 Å². The summed E-state index contributed by atoms with van der Waals surface area (Å²) in [5.41, 5.74) is 3.47. The monoisotopic (exact) mass is 350 g/mol. The summed E-state index contributed by atoms with van der Waals surface area (Å²) in [5.74, 6) is 0.0251. The van der Waals surface area contributed by atoms with Crippen LogP contribution in [0.3, 0.4) is 0 Å². The minimum Gasteiger partial charge on any atom is -0.370 e. The van der Waals surface area contributed by atoms with Gasteiger partial charge in [0.25, 0.3) is 5.91 Å². The van der Waals surface area contributed by atoms with Gasteiger partial charge >= 0.3 is 0 Å². The highest BCUT2D eigenvalue weighted by Gasteiger charge is 2.38. The van der Waals surface area contributed by atoms with E-state index >= 15 is 0 Å². The van der Waals surface area contributed by atoms with Crippen molar-refractivity contribution in [2.75, 3.05) is 13.1 Å². The number of carbonyl (C=O) groups excluding carboxylic acids is 1. The second-order valence-corrected chi connectivity index (χ2v) is 6.68. The van der Waals surface area contributed by atoms with Crippen molar-refractivity contribution < 1.29 is 9.53 Å². The van der Waals surface area contributed by atoms with Gasteiger partial charge in [-0.25, -0.2) is 4.68 Å². The maximum atomic E-state index is 13.1. The number of hydrogen-bond acceptors (Lipinski definition) is 5. The minimum atomic E-state index is 0.0229. The first-order valence-electron chi connectivity index (χ1n) is 8.69. The smallest absolute Gasteiger partial charge is 0.253 e. The number of amides is 1. The standard InChI is InChI=1S/C18H18N6O2/c25-18(13-3-1-2-12(8-13)15-4-6-19-21-15)23-7-5-17-16(10-23)24-14(11-26-17)9-20-22-24/h1-4,6,8-9,16-17H,5,7,10-11H2,(H,19,21)/t16-,17+/m0/s1. The van der Waals surface area contributed by atoms with E-state index < -0.39 is 0 Å². The van der Waals surface area contributed by atoms with E-state index in [-0.39, 0.29) is 18.1 Å². The maximum absolute atomic E-state index is 13.1. The molecule has 5 rings (SSSR count). The fourth-order valence-corrected chi connectivity index (χ4v) is 3.78. The Bertz CT molecular complexity index is 935. The lowest BCUT2D eigenvalue weighted by Crippen LogP contribution is -2.49. The molecule has 0 saturated carbocycles. The Hall–Kier alpha value is -3.00. The molecule has 1 saturated heterocycles. The van der Waals surface area contributed by atoms with Gasteiger partial charge < -0.3 is 9.64 Å². The van der Waals surface area contributed by atoms with E-state index in [0.29, 0.717) is 25.3 Å². The van der Waals surface area contributed by atoms with E-state index in [9.17, 15) is 4.79 Å². The van der Waals surface area contributed by atoms with Gasteiger partial charge in [0.2, 0.25) is 0 Å². The van der Waals surface area contributed by atoms with Crippen LogP contribution in [0.4, 0.5) is 0 Å². The van der Waals surface area contributed by atoms with Crippen molar-refractivity contribution in [1.82, 2.24) is 30.1 Å². The van der Waals surface area contributed by atoms with Gasteiger partial charge in [0.15, 0.2) is 0 Å². The molecule has 1 N–H and O–H groups in total. The minimum absolute atomic E-state index is 0.0229. The molecule has 0 spiro atoms. The zero-order valence-corrected chi connectivity index (χ0v) is 14.1. The van der Waals surface area contributed by atoms with Crippen molar-refractivity contribution in [3.05, 3.63) is 54.0 Å². The molecule has 26 heavy (non-hydrogen) atoms. The van der Waals surface area contributed by atoms with Crippen LogP contribution in [0.15, 0.2) is 42.7 Å². The first kappa shape index (κ1) is 15.3. The van der Waals surface area contributed by atoms with Crippen molar-refractivity contribution >= 4 is 5.91 Å². The molecule has 2 aromatic heterocycles. The summed E-state index contributed by atoms with van der Waals surface area (Å²) in [5, 5.41) is 15.1. The zero-order valence-electron chi connectivity index (χ0n) is 14.1. The summed E-state index contributed by atoms with van der Waals surface area (Å²) in [6, 6.07) is 9.53. The normalized spacial score (nSPS) is 21.9. The van der Waals surface area contributed by atoms with Crippen LogP contribution in [-0.2, 0) is 11.3 Å². The third kappa shape index (κ3) is 2.50. The first-order chi connectivity index (χ1) is 12.8. The van der Waals surface area contributed by atoms with Gasteiger partial charge in [0.05, 0.1) is 36.3 Å². The number of piperidine rings is 1. The van der Waals surface area contributed by atoms with E-state index in [1.165, 1.54) is 0 Å². The number of benzene rings is 1.